The van der Waals surface area contributed by atoms with E-state index in [0.717, 1.165) is 27.2 Å². The summed E-state index contributed by atoms with van der Waals surface area (Å²) in [6, 6.07) is 15.0. The minimum absolute atomic E-state index is 0.0640. The van der Waals surface area contributed by atoms with Crippen LogP contribution in [0.2, 0.25) is 0 Å². The van der Waals surface area contributed by atoms with Gasteiger partial charge in [0.1, 0.15) is 11.7 Å². The quantitative estimate of drug-likeness (QED) is 0.527. The lowest BCUT2D eigenvalue weighted by molar-refractivity contribution is -0.150. The summed E-state index contributed by atoms with van der Waals surface area (Å²) >= 11 is 0. The van der Waals surface area contributed by atoms with Gasteiger partial charge in [0.25, 0.3) is 11.8 Å². The van der Waals surface area contributed by atoms with E-state index in [-0.39, 0.29) is 31.0 Å². The molecular weight excluding hydrogens is 462 g/mol. The Kier molecular flexibility index (Phi) is 5.93. The molecule has 182 valence electrons. The maximum atomic E-state index is 13.0. The summed E-state index contributed by atoms with van der Waals surface area (Å²) in [5, 5.41) is 6.25. The van der Waals surface area contributed by atoms with Gasteiger partial charge >= 0.3 is 0 Å². The third-order valence-corrected chi connectivity index (χ3v) is 6.18. The van der Waals surface area contributed by atoms with Gasteiger partial charge < -0.3 is 9.42 Å². The second-order valence-corrected chi connectivity index (χ2v) is 8.83. The number of imide groups is 2. The molecule has 1 N–H and O–H groups in total. The standard InChI is InChI=1S/C26H23N5O5/c1-15-5-3-6-16(11-15)17-7-4-8-18(12-17)24-28-22(36-29-24)14-30(2)20-13-23(33)31(26(20)35)19-9-10-21(32)27-25(19)34/h3-8,11-13,19H,9-10,14H2,1-2H3,(H,27,32,34). The van der Waals surface area contributed by atoms with Crippen LogP contribution in [0, 0.1) is 6.92 Å². The summed E-state index contributed by atoms with van der Waals surface area (Å²) in [5.41, 5.74) is 4.15. The highest BCUT2D eigenvalue weighted by molar-refractivity contribution is 6.18. The largest absolute Gasteiger partial charge is 0.361 e. The van der Waals surface area contributed by atoms with Gasteiger partial charge in [-0.15, -0.1) is 0 Å². The number of aromatic nitrogens is 2. The Morgan fingerprint density at radius 2 is 1.78 bits per heavy atom. The van der Waals surface area contributed by atoms with Gasteiger partial charge in [0, 0.05) is 25.1 Å². The predicted octanol–water partition coefficient (Wildman–Crippen LogP) is 2.20. The van der Waals surface area contributed by atoms with Gasteiger partial charge in [-0.25, -0.2) is 0 Å². The van der Waals surface area contributed by atoms with Crippen molar-refractivity contribution >= 4 is 23.6 Å². The van der Waals surface area contributed by atoms with Crippen LogP contribution in [0.5, 0.6) is 0 Å². The Bertz CT molecular complexity index is 1430. The first-order valence-electron chi connectivity index (χ1n) is 11.4. The fourth-order valence-electron chi connectivity index (χ4n) is 4.36. The number of amides is 4. The number of benzene rings is 2. The van der Waals surface area contributed by atoms with E-state index >= 15 is 0 Å². The molecule has 10 heteroatoms. The van der Waals surface area contributed by atoms with Crippen LogP contribution in [0.25, 0.3) is 22.5 Å². The number of aryl methyl sites for hydroxylation is 1. The van der Waals surface area contributed by atoms with Gasteiger partial charge in [0.05, 0.1) is 6.54 Å². The molecule has 0 spiro atoms. The molecule has 0 radical (unpaired) electrons. The molecule has 10 nitrogen and oxygen atoms in total. The van der Waals surface area contributed by atoms with Gasteiger partial charge in [-0.05, 0) is 30.5 Å². The molecule has 1 aromatic heterocycles. The molecule has 0 bridgehead atoms. The van der Waals surface area contributed by atoms with Gasteiger partial charge in [0.15, 0.2) is 0 Å². The van der Waals surface area contributed by atoms with Crippen molar-refractivity contribution in [1.29, 1.82) is 0 Å². The normalized spacial score (nSPS) is 17.9. The molecule has 2 aliphatic heterocycles. The molecule has 2 aliphatic rings. The number of hydrogen-bond donors (Lipinski definition) is 1. The Labute approximate surface area is 206 Å². The fraction of sp³-hybridized carbons (Fsp3) is 0.231. The highest BCUT2D eigenvalue weighted by Crippen LogP contribution is 2.27. The molecule has 0 aliphatic carbocycles. The van der Waals surface area contributed by atoms with Crippen LogP contribution >= 0.6 is 0 Å². The molecule has 1 unspecified atom stereocenters. The van der Waals surface area contributed by atoms with E-state index in [1.165, 1.54) is 11.0 Å². The molecule has 0 saturated carbocycles. The summed E-state index contributed by atoms with van der Waals surface area (Å²) in [4.78, 5) is 55.9. The number of carbonyl (C=O) groups excluding carboxylic acids is 4. The van der Waals surface area contributed by atoms with Crippen LogP contribution in [0.4, 0.5) is 0 Å². The van der Waals surface area contributed by atoms with Crippen LogP contribution in [-0.2, 0) is 25.7 Å². The molecule has 36 heavy (non-hydrogen) atoms. The van der Waals surface area contributed by atoms with Crippen molar-refractivity contribution in [1.82, 2.24) is 25.3 Å². The van der Waals surface area contributed by atoms with Crippen LogP contribution in [0.1, 0.15) is 24.3 Å². The minimum atomic E-state index is -1.01. The third kappa shape index (κ3) is 4.40. The molecule has 3 aromatic rings. The lowest BCUT2D eigenvalue weighted by Crippen LogP contribution is -2.54. The number of nitrogens with zero attached hydrogens (tertiary/aromatic N) is 4. The Balaban J connectivity index is 1.29. The SMILES string of the molecule is Cc1cccc(-c2cccc(-c3noc(CN(C)C4=CC(=O)N(C5CCC(=O)NC5=O)C4=O)n3)c2)c1. The van der Waals surface area contributed by atoms with E-state index in [1.807, 2.05) is 49.4 Å². The van der Waals surface area contributed by atoms with Crippen LogP contribution in [0.3, 0.4) is 0 Å². The molecule has 1 atom stereocenters. The molecular formula is C26H23N5O5. The Morgan fingerprint density at radius 1 is 1.06 bits per heavy atom. The predicted molar refractivity (Wildman–Crippen MR) is 127 cm³/mol. The summed E-state index contributed by atoms with van der Waals surface area (Å²) in [5.74, 6) is -1.62. The lowest BCUT2D eigenvalue weighted by atomic mass is 10.0. The van der Waals surface area contributed by atoms with Gasteiger partial charge in [0.2, 0.25) is 23.5 Å². The molecule has 2 aromatic carbocycles. The zero-order chi connectivity index (χ0) is 25.4. The number of rotatable bonds is 6. The maximum Gasteiger partial charge on any atom is 0.277 e. The third-order valence-electron chi connectivity index (χ3n) is 6.18. The van der Waals surface area contributed by atoms with E-state index in [4.69, 9.17) is 4.52 Å². The molecule has 4 amide bonds. The van der Waals surface area contributed by atoms with Crippen molar-refractivity contribution in [2.45, 2.75) is 32.4 Å². The fourth-order valence-corrected chi connectivity index (χ4v) is 4.36. The van der Waals surface area contributed by atoms with Crippen molar-refractivity contribution in [3.8, 4) is 22.5 Å². The average molecular weight is 486 g/mol. The first kappa shape index (κ1) is 23.2. The summed E-state index contributed by atoms with van der Waals surface area (Å²) in [7, 11) is 1.62. The van der Waals surface area contributed by atoms with Crippen LogP contribution in [-0.4, -0.2) is 56.7 Å². The van der Waals surface area contributed by atoms with Crippen molar-refractivity contribution < 1.29 is 23.7 Å². The summed E-state index contributed by atoms with van der Waals surface area (Å²) < 4.78 is 5.41. The number of piperidine rings is 1. The van der Waals surface area contributed by atoms with Gasteiger partial charge in [-0.1, -0.05) is 53.2 Å². The maximum absolute atomic E-state index is 13.0. The van der Waals surface area contributed by atoms with Crippen molar-refractivity contribution in [2.75, 3.05) is 7.05 Å². The smallest absolute Gasteiger partial charge is 0.277 e. The number of carbonyl (C=O) groups is 4. The van der Waals surface area contributed by atoms with Crippen LogP contribution < -0.4 is 5.32 Å². The monoisotopic (exact) mass is 485 g/mol. The van der Waals surface area contributed by atoms with Crippen LogP contribution in [0.15, 0.2) is 64.8 Å². The average Bonchev–Trinajstić information content (AvgIpc) is 3.43. The summed E-state index contributed by atoms with van der Waals surface area (Å²) in [6.07, 6.45) is 1.34. The van der Waals surface area contributed by atoms with E-state index in [2.05, 4.69) is 21.5 Å². The summed E-state index contributed by atoms with van der Waals surface area (Å²) in [6.45, 7) is 2.12. The van der Waals surface area contributed by atoms with Crippen molar-refractivity contribution in [2.24, 2.45) is 0 Å². The molecule has 1 fully saturated rings. The van der Waals surface area contributed by atoms with Crippen molar-refractivity contribution in [3.05, 3.63) is 71.8 Å². The van der Waals surface area contributed by atoms with E-state index < -0.39 is 29.7 Å². The van der Waals surface area contributed by atoms with E-state index in [9.17, 15) is 19.2 Å². The first-order chi connectivity index (χ1) is 17.3. The second kappa shape index (κ2) is 9.21. The highest BCUT2D eigenvalue weighted by atomic mass is 16.5. The lowest BCUT2D eigenvalue weighted by Gasteiger charge is -2.29. The minimum Gasteiger partial charge on any atom is -0.361 e. The molecule has 5 rings (SSSR count). The topological polar surface area (TPSA) is 126 Å². The van der Waals surface area contributed by atoms with E-state index in [0.29, 0.717) is 5.82 Å². The molecule has 1 saturated heterocycles. The number of hydrogen-bond acceptors (Lipinski definition) is 8. The zero-order valence-electron chi connectivity index (χ0n) is 19.7. The number of likely N-dealkylation sites (N-methyl/N-ethyl adjacent to an activating group) is 1. The zero-order valence-corrected chi connectivity index (χ0v) is 19.7. The Morgan fingerprint density at radius 3 is 2.53 bits per heavy atom. The Hall–Kier alpha value is -4.60. The first-order valence-corrected chi connectivity index (χ1v) is 11.4. The molecule has 3 heterocycles. The highest BCUT2D eigenvalue weighted by Gasteiger charge is 2.43. The second-order valence-electron chi connectivity index (χ2n) is 8.83. The van der Waals surface area contributed by atoms with E-state index in [1.54, 1.807) is 7.05 Å². The van der Waals surface area contributed by atoms with Crippen molar-refractivity contribution in [3.63, 3.8) is 0 Å². The number of nitrogens with one attached hydrogen (secondary N) is 1. The van der Waals surface area contributed by atoms with Gasteiger partial charge in [-0.3, -0.25) is 29.4 Å². The van der Waals surface area contributed by atoms with Gasteiger partial charge in [-0.2, -0.15) is 4.98 Å².